The molecule has 0 aliphatic carbocycles. The number of nitrogens with zero attached hydrogens (tertiary/aromatic N) is 2. The number of hydrogen-bond acceptors (Lipinski definition) is 6. The van der Waals surface area contributed by atoms with Crippen LogP contribution >= 0.6 is 0 Å². The Hall–Kier alpha value is -2.82. The zero-order valence-corrected chi connectivity index (χ0v) is 17.4. The van der Waals surface area contributed by atoms with E-state index in [1.165, 1.54) is 22.5 Å². The van der Waals surface area contributed by atoms with E-state index in [0.29, 0.717) is 50.4 Å². The molecule has 0 atom stereocenters. The van der Waals surface area contributed by atoms with Crippen molar-refractivity contribution >= 4 is 21.6 Å². The maximum Gasteiger partial charge on any atom is 0.272 e. The summed E-state index contributed by atoms with van der Waals surface area (Å²) in [6, 6.07) is 10.8. The van der Waals surface area contributed by atoms with Gasteiger partial charge in [-0.2, -0.15) is 4.31 Å². The van der Waals surface area contributed by atoms with Crippen molar-refractivity contribution < 1.29 is 22.9 Å². The number of sulfonamides is 1. The number of carbonyl (C=O) groups is 1. The summed E-state index contributed by atoms with van der Waals surface area (Å²) >= 11 is 0. The highest BCUT2D eigenvalue weighted by molar-refractivity contribution is 7.89. The summed E-state index contributed by atoms with van der Waals surface area (Å²) < 4.78 is 31.9. The topological polar surface area (TPSA) is 119 Å². The van der Waals surface area contributed by atoms with Crippen molar-refractivity contribution in [2.24, 2.45) is 0 Å². The van der Waals surface area contributed by atoms with E-state index in [2.05, 4.69) is 5.32 Å². The van der Waals surface area contributed by atoms with Gasteiger partial charge in [0.05, 0.1) is 23.0 Å². The number of amides is 1. The highest BCUT2D eigenvalue weighted by Crippen LogP contribution is 2.19. The molecule has 1 amide bonds. The van der Waals surface area contributed by atoms with E-state index in [9.17, 15) is 23.3 Å². The minimum absolute atomic E-state index is 0.0290. The highest BCUT2D eigenvalue weighted by atomic mass is 32.2. The molecule has 0 spiro atoms. The summed E-state index contributed by atoms with van der Waals surface area (Å²) in [7, 11) is -3.53. The number of nitrogens with one attached hydrogen (secondary N) is 1. The zero-order chi connectivity index (χ0) is 21.7. The van der Waals surface area contributed by atoms with Crippen LogP contribution < -0.4 is 5.32 Å². The molecule has 10 heteroatoms. The van der Waals surface area contributed by atoms with Gasteiger partial charge in [-0.15, -0.1) is 0 Å². The number of aryl methyl sites for hydroxylation is 1. The molecule has 3 rings (SSSR count). The van der Waals surface area contributed by atoms with Crippen LogP contribution in [-0.4, -0.2) is 56.4 Å². The minimum Gasteiger partial charge on any atom is -0.379 e. The molecule has 0 bridgehead atoms. The second-order valence-electron chi connectivity index (χ2n) is 6.92. The van der Waals surface area contributed by atoms with E-state index in [-0.39, 0.29) is 16.5 Å². The van der Waals surface area contributed by atoms with E-state index >= 15 is 0 Å². The third-order valence-electron chi connectivity index (χ3n) is 4.89. The van der Waals surface area contributed by atoms with Crippen LogP contribution in [0, 0.1) is 17.0 Å². The first kappa shape index (κ1) is 21.9. The fourth-order valence-electron chi connectivity index (χ4n) is 3.19. The van der Waals surface area contributed by atoms with Crippen LogP contribution in [0.5, 0.6) is 0 Å². The molecule has 1 saturated heterocycles. The minimum atomic E-state index is -3.53. The van der Waals surface area contributed by atoms with Crippen LogP contribution in [0.4, 0.5) is 5.69 Å². The van der Waals surface area contributed by atoms with Crippen LogP contribution in [0.2, 0.25) is 0 Å². The molecule has 0 saturated carbocycles. The van der Waals surface area contributed by atoms with E-state index < -0.39 is 14.9 Å². The lowest BCUT2D eigenvalue weighted by molar-refractivity contribution is -0.385. The van der Waals surface area contributed by atoms with Crippen LogP contribution in [0.15, 0.2) is 47.4 Å². The Bertz CT molecular complexity index is 1030. The molecule has 1 aliphatic heterocycles. The first-order valence-electron chi connectivity index (χ1n) is 9.49. The molecule has 1 heterocycles. The number of morpholine rings is 1. The van der Waals surface area contributed by atoms with Crippen molar-refractivity contribution in [1.29, 1.82) is 0 Å². The molecule has 0 radical (unpaired) electrons. The molecular weight excluding hydrogens is 410 g/mol. The maximum atomic E-state index is 12.6. The van der Waals surface area contributed by atoms with Gasteiger partial charge in [0.2, 0.25) is 10.0 Å². The van der Waals surface area contributed by atoms with Gasteiger partial charge in [0.15, 0.2) is 0 Å². The summed E-state index contributed by atoms with van der Waals surface area (Å²) in [5.41, 5.74) is 1.63. The number of ether oxygens (including phenoxy) is 1. The lowest BCUT2D eigenvalue weighted by Gasteiger charge is -2.26. The Morgan fingerprint density at radius 1 is 1.17 bits per heavy atom. The predicted molar refractivity (Wildman–Crippen MR) is 110 cm³/mol. The quantitative estimate of drug-likeness (QED) is 0.526. The Morgan fingerprint density at radius 2 is 1.83 bits per heavy atom. The van der Waals surface area contributed by atoms with Crippen LogP contribution in [0.25, 0.3) is 0 Å². The Balaban J connectivity index is 1.56. The van der Waals surface area contributed by atoms with Gasteiger partial charge >= 0.3 is 0 Å². The number of hydrogen-bond donors (Lipinski definition) is 1. The first-order chi connectivity index (χ1) is 14.3. The zero-order valence-electron chi connectivity index (χ0n) is 16.5. The summed E-state index contributed by atoms with van der Waals surface area (Å²) in [6.07, 6.45) is 0.523. The van der Waals surface area contributed by atoms with Crippen LogP contribution in [-0.2, 0) is 21.2 Å². The fourth-order valence-corrected chi connectivity index (χ4v) is 4.60. The average molecular weight is 433 g/mol. The number of nitro benzene ring substituents is 1. The van der Waals surface area contributed by atoms with Crippen molar-refractivity contribution in [3.05, 3.63) is 69.3 Å². The number of rotatable bonds is 7. The van der Waals surface area contributed by atoms with Crippen LogP contribution in [0.3, 0.4) is 0 Å². The second kappa shape index (κ2) is 9.33. The largest absolute Gasteiger partial charge is 0.379 e. The highest BCUT2D eigenvalue weighted by Gasteiger charge is 2.26. The van der Waals surface area contributed by atoms with Crippen molar-refractivity contribution in [2.75, 3.05) is 32.8 Å². The van der Waals surface area contributed by atoms with Gasteiger partial charge in [-0.25, -0.2) is 8.42 Å². The molecule has 2 aromatic rings. The molecule has 160 valence electrons. The first-order valence-corrected chi connectivity index (χ1v) is 10.9. The van der Waals surface area contributed by atoms with Gasteiger partial charge in [-0.05, 0) is 43.2 Å². The lowest BCUT2D eigenvalue weighted by Crippen LogP contribution is -2.40. The second-order valence-corrected chi connectivity index (χ2v) is 8.86. The summed E-state index contributed by atoms with van der Waals surface area (Å²) in [5, 5.41) is 13.6. The van der Waals surface area contributed by atoms with Gasteiger partial charge in [0, 0.05) is 36.8 Å². The van der Waals surface area contributed by atoms with Gasteiger partial charge in [0.1, 0.15) is 0 Å². The van der Waals surface area contributed by atoms with Crippen molar-refractivity contribution in [1.82, 2.24) is 9.62 Å². The monoisotopic (exact) mass is 433 g/mol. The molecule has 9 nitrogen and oxygen atoms in total. The SMILES string of the molecule is Cc1cc(C(=O)NCCc2ccc(S(=O)(=O)N3CCOCC3)cc2)ccc1[N+](=O)[O-]. The normalized spacial score (nSPS) is 15.0. The molecule has 30 heavy (non-hydrogen) atoms. The Kier molecular flexibility index (Phi) is 6.80. The number of nitro groups is 1. The van der Waals surface area contributed by atoms with Crippen molar-refractivity contribution in [2.45, 2.75) is 18.2 Å². The number of carbonyl (C=O) groups excluding carboxylic acids is 1. The molecule has 1 aliphatic rings. The number of benzene rings is 2. The Morgan fingerprint density at radius 3 is 2.43 bits per heavy atom. The molecule has 0 aromatic heterocycles. The molecule has 1 N–H and O–H groups in total. The third-order valence-corrected chi connectivity index (χ3v) is 6.80. The molecule has 2 aromatic carbocycles. The van der Waals surface area contributed by atoms with Crippen molar-refractivity contribution in [3.8, 4) is 0 Å². The van der Waals surface area contributed by atoms with E-state index in [4.69, 9.17) is 4.74 Å². The van der Waals surface area contributed by atoms with Gasteiger partial charge in [-0.1, -0.05) is 12.1 Å². The maximum absolute atomic E-state index is 12.6. The van der Waals surface area contributed by atoms with E-state index in [1.807, 2.05) is 0 Å². The smallest absolute Gasteiger partial charge is 0.272 e. The summed E-state index contributed by atoms with van der Waals surface area (Å²) in [6.45, 7) is 3.42. The lowest BCUT2D eigenvalue weighted by atomic mass is 10.1. The van der Waals surface area contributed by atoms with Gasteiger partial charge in [-0.3, -0.25) is 14.9 Å². The summed E-state index contributed by atoms with van der Waals surface area (Å²) in [5.74, 6) is -0.320. The molecule has 1 fully saturated rings. The fraction of sp³-hybridized carbons (Fsp3) is 0.350. The molecular formula is C20H23N3O6S. The summed E-state index contributed by atoms with van der Waals surface area (Å²) in [4.78, 5) is 22.9. The Labute approximate surface area is 174 Å². The van der Waals surface area contributed by atoms with E-state index in [0.717, 1.165) is 5.56 Å². The predicted octanol–water partition coefficient (Wildman–Crippen LogP) is 1.90. The average Bonchev–Trinajstić information content (AvgIpc) is 2.74. The van der Waals surface area contributed by atoms with Crippen molar-refractivity contribution in [3.63, 3.8) is 0 Å². The van der Waals surface area contributed by atoms with Gasteiger partial charge < -0.3 is 10.1 Å². The van der Waals surface area contributed by atoms with Crippen LogP contribution in [0.1, 0.15) is 21.5 Å². The van der Waals surface area contributed by atoms with E-state index in [1.54, 1.807) is 31.2 Å². The van der Waals surface area contributed by atoms with Gasteiger partial charge in [0.25, 0.3) is 11.6 Å². The molecule has 0 unspecified atom stereocenters. The standard InChI is InChI=1S/C20H23N3O6S/c1-15-14-17(4-7-19(15)23(25)26)20(24)21-9-8-16-2-5-18(6-3-16)30(27,28)22-10-12-29-13-11-22/h2-7,14H,8-13H2,1H3,(H,21,24). The third kappa shape index (κ3) is 5.02.